The third-order valence-electron chi connectivity index (χ3n) is 6.47. The lowest BCUT2D eigenvalue weighted by Crippen LogP contribution is -2.54. The lowest BCUT2D eigenvalue weighted by atomic mass is 9.74. The van der Waals surface area contributed by atoms with E-state index in [1.54, 1.807) is 0 Å². The monoisotopic (exact) mass is 451 g/mol. The maximum Gasteiger partial charge on any atom is 0.404 e. The van der Waals surface area contributed by atoms with Gasteiger partial charge in [0.25, 0.3) is 0 Å². The average Bonchev–Trinajstić information content (AvgIpc) is 3.10. The molecule has 176 valence electrons. The number of nitrogen functional groups attached to an aromatic ring is 1. The summed E-state index contributed by atoms with van der Waals surface area (Å²) in [4.78, 5) is 22.7. The number of hydrogen-bond acceptors (Lipinski definition) is 6. The Bertz CT molecular complexity index is 1170. The summed E-state index contributed by atoms with van der Waals surface area (Å²) in [5.41, 5.74) is 9.48. The first kappa shape index (κ1) is 22.8. The number of anilines is 2. The van der Waals surface area contributed by atoms with Crippen LogP contribution in [0.15, 0.2) is 24.3 Å². The summed E-state index contributed by atoms with van der Waals surface area (Å²) in [6.45, 7) is 11.9. The van der Waals surface area contributed by atoms with E-state index in [2.05, 4.69) is 58.1 Å². The van der Waals surface area contributed by atoms with Gasteiger partial charge < -0.3 is 21.1 Å². The molecule has 9 nitrogen and oxygen atoms in total. The summed E-state index contributed by atoms with van der Waals surface area (Å²) in [5, 5.41) is 20.7. The van der Waals surface area contributed by atoms with Gasteiger partial charge in [-0.25, -0.2) is 9.78 Å². The van der Waals surface area contributed by atoms with Crippen LogP contribution in [-0.4, -0.2) is 50.5 Å². The molecule has 1 aromatic carbocycles. The van der Waals surface area contributed by atoms with Crippen molar-refractivity contribution >= 4 is 28.8 Å². The summed E-state index contributed by atoms with van der Waals surface area (Å²) in [6.07, 6.45) is -0.0429. The second-order valence-electron chi connectivity index (χ2n) is 10.3. The minimum Gasteiger partial charge on any atom is -0.465 e. The number of aryl methyl sites for hydroxylation is 1. The molecule has 3 atom stereocenters. The molecule has 0 aliphatic carbocycles. The molecule has 1 aliphatic heterocycles. The van der Waals surface area contributed by atoms with Gasteiger partial charge in [0.15, 0.2) is 0 Å². The minimum absolute atomic E-state index is 0.146. The van der Waals surface area contributed by atoms with Crippen LogP contribution in [0.2, 0.25) is 0 Å². The van der Waals surface area contributed by atoms with Gasteiger partial charge in [-0.3, -0.25) is 5.10 Å². The van der Waals surface area contributed by atoms with Crippen LogP contribution in [0.25, 0.3) is 22.2 Å². The molecule has 3 aromatic rings. The molecular formula is C24H33N7O2. The number of hydrogen-bond donors (Lipinski definition) is 4. The van der Waals surface area contributed by atoms with Crippen LogP contribution in [0.3, 0.4) is 0 Å². The van der Waals surface area contributed by atoms with Crippen molar-refractivity contribution in [3.05, 3.63) is 30.0 Å². The maximum absolute atomic E-state index is 11.5. The SMILES string of the molecule is Cc1[nH]nc2cc(-c3cc(N4C[C@H](C)C[C@@H](C(NC(=O)O)C(C)(C)C)C4)nc(N)n3)ccc12. The third kappa shape index (κ3) is 4.86. The quantitative estimate of drug-likeness (QED) is 0.470. The Labute approximate surface area is 193 Å². The molecule has 1 amide bonds. The summed E-state index contributed by atoms with van der Waals surface area (Å²) < 4.78 is 0. The van der Waals surface area contributed by atoms with Crippen LogP contribution < -0.4 is 16.0 Å². The molecule has 0 saturated carbocycles. The van der Waals surface area contributed by atoms with Crippen LogP contribution in [0.1, 0.15) is 39.8 Å². The Hall–Kier alpha value is -3.36. The molecule has 5 N–H and O–H groups in total. The number of nitrogens with zero attached hydrogens (tertiary/aromatic N) is 4. The molecule has 3 heterocycles. The fourth-order valence-electron chi connectivity index (χ4n) is 5.07. The molecule has 2 aromatic heterocycles. The van der Waals surface area contributed by atoms with Gasteiger partial charge in [0, 0.05) is 41.8 Å². The van der Waals surface area contributed by atoms with Crippen molar-refractivity contribution in [3.63, 3.8) is 0 Å². The molecule has 0 spiro atoms. The molecule has 9 heteroatoms. The Morgan fingerprint density at radius 3 is 2.73 bits per heavy atom. The molecule has 0 radical (unpaired) electrons. The fourth-order valence-corrected chi connectivity index (χ4v) is 5.07. The van der Waals surface area contributed by atoms with Crippen molar-refractivity contribution in [2.24, 2.45) is 17.3 Å². The Balaban J connectivity index is 1.66. The summed E-state index contributed by atoms with van der Waals surface area (Å²) in [5.74, 6) is 1.50. The zero-order valence-electron chi connectivity index (χ0n) is 19.9. The zero-order valence-corrected chi connectivity index (χ0v) is 19.9. The molecule has 0 bridgehead atoms. The van der Waals surface area contributed by atoms with E-state index >= 15 is 0 Å². The predicted molar refractivity (Wildman–Crippen MR) is 130 cm³/mol. The van der Waals surface area contributed by atoms with Gasteiger partial charge in [-0.2, -0.15) is 10.1 Å². The lowest BCUT2D eigenvalue weighted by Gasteiger charge is -2.44. The van der Waals surface area contributed by atoms with Gasteiger partial charge in [0.2, 0.25) is 5.95 Å². The lowest BCUT2D eigenvalue weighted by molar-refractivity contribution is 0.137. The van der Waals surface area contributed by atoms with Crippen LogP contribution in [0.4, 0.5) is 16.6 Å². The molecular weight excluding hydrogens is 418 g/mol. The number of aromatic nitrogens is 4. The number of carbonyl (C=O) groups is 1. The Morgan fingerprint density at radius 1 is 1.27 bits per heavy atom. The molecule has 1 aliphatic rings. The predicted octanol–water partition coefficient (Wildman–Crippen LogP) is 4.06. The van der Waals surface area contributed by atoms with E-state index in [0.29, 0.717) is 12.5 Å². The smallest absolute Gasteiger partial charge is 0.404 e. The van der Waals surface area contributed by atoms with Crippen molar-refractivity contribution in [1.29, 1.82) is 0 Å². The van der Waals surface area contributed by atoms with Crippen LogP contribution >= 0.6 is 0 Å². The Kier molecular flexibility index (Phi) is 5.90. The van der Waals surface area contributed by atoms with Crippen molar-refractivity contribution in [1.82, 2.24) is 25.5 Å². The van der Waals surface area contributed by atoms with Crippen LogP contribution in [0.5, 0.6) is 0 Å². The molecule has 1 unspecified atom stereocenters. The fraction of sp³-hybridized carbons (Fsp3) is 0.500. The zero-order chi connectivity index (χ0) is 23.9. The van der Waals surface area contributed by atoms with Crippen molar-refractivity contribution in [2.45, 2.75) is 47.1 Å². The number of aromatic amines is 1. The van der Waals surface area contributed by atoms with Gasteiger partial charge >= 0.3 is 6.09 Å². The number of rotatable bonds is 4. The van der Waals surface area contributed by atoms with Crippen molar-refractivity contribution in [2.75, 3.05) is 23.7 Å². The third-order valence-corrected chi connectivity index (χ3v) is 6.47. The second kappa shape index (κ2) is 8.53. The van der Waals surface area contributed by atoms with E-state index < -0.39 is 6.09 Å². The van der Waals surface area contributed by atoms with E-state index in [1.807, 2.05) is 31.2 Å². The van der Waals surface area contributed by atoms with Crippen LogP contribution in [0, 0.1) is 24.2 Å². The highest BCUT2D eigenvalue weighted by atomic mass is 16.4. The normalized spacial score (nSPS) is 20.1. The first-order valence-corrected chi connectivity index (χ1v) is 11.4. The maximum atomic E-state index is 11.5. The first-order chi connectivity index (χ1) is 15.5. The van der Waals surface area contributed by atoms with E-state index in [1.165, 1.54) is 0 Å². The molecule has 1 saturated heterocycles. The van der Waals surface area contributed by atoms with Gasteiger partial charge in [0.05, 0.1) is 11.2 Å². The molecule has 1 fully saturated rings. The number of benzene rings is 1. The Morgan fingerprint density at radius 2 is 2.03 bits per heavy atom. The highest BCUT2D eigenvalue weighted by Gasteiger charge is 2.38. The van der Waals surface area contributed by atoms with Gasteiger partial charge in [0.1, 0.15) is 5.82 Å². The topological polar surface area (TPSA) is 133 Å². The van der Waals surface area contributed by atoms with Crippen molar-refractivity contribution < 1.29 is 9.90 Å². The number of carboxylic acid groups (broad SMARTS) is 1. The summed E-state index contributed by atoms with van der Waals surface area (Å²) in [6, 6.07) is 7.83. The number of H-pyrrole nitrogens is 1. The van der Waals surface area contributed by atoms with Gasteiger partial charge in [-0.05, 0) is 36.7 Å². The first-order valence-electron chi connectivity index (χ1n) is 11.4. The molecule has 4 rings (SSSR count). The van der Waals surface area contributed by atoms with E-state index in [0.717, 1.165) is 46.6 Å². The minimum atomic E-state index is -0.989. The second-order valence-corrected chi connectivity index (χ2v) is 10.3. The van der Waals surface area contributed by atoms with E-state index in [4.69, 9.17) is 5.73 Å². The number of nitrogens with two attached hydrogens (primary N) is 1. The number of amides is 1. The van der Waals surface area contributed by atoms with Gasteiger partial charge in [-0.1, -0.05) is 39.8 Å². The summed E-state index contributed by atoms with van der Waals surface area (Å²) >= 11 is 0. The van der Waals surface area contributed by atoms with Crippen molar-refractivity contribution in [3.8, 4) is 11.3 Å². The number of fused-ring (bicyclic) bond motifs is 1. The molecule has 33 heavy (non-hydrogen) atoms. The average molecular weight is 452 g/mol. The van der Waals surface area contributed by atoms with Crippen LogP contribution in [-0.2, 0) is 0 Å². The number of nitrogens with one attached hydrogen (secondary N) is 2. The highest BCUT2D eigenvalue weighted by Crippen LogP contribution is 2.35. The van der Waals surface area contributed by atoms with E-state index in [9.17, 15) is 9.90 Å². The standard InChI is InChI=1S/C24H33N7O2/c1-13-8-16(21(24(3,4)5)28-23(32)33)12-31(11-13)20-10-18(26-22(25)27-20)15-6-7-17-14(2)29-30-19(17)9-15/h6-7,9-10,13,16,21,28H,8,11-12H2,1-5H3,(H,29,30)(H,32,33)(H2,25,26,27)/t13-,16-,21?/m1/s1. The largest absolute Gasteiger partial charge is 0.465 e. The highest BCUT2D eigenvalue weighted by molar-refractivity contribution is 5.85. The number of piperidine rings is 1. The van der Waals surface area contributed by atoms with Gasteiger partial charge in [-0.15, -0.1) is 0 Å². The van der Waals surface area contributed by atoms with E-state index in [-0.39, 0.29) is 23.3 Å². The summed E-state index contributed by atoms with van der Waals surface area (Å²) in [7, 11) is 0.